The normalized spacial score (nSPS) is 19.8. The van der Waals surface area contributed by atoms with Gasteiger partial charge in [-0.1, -0.05) is 71.8 Å². The Morgan fingerprint density at radius 1 is 0.481 bits per heavy atom. The number of benzene rings is 4. The van der Waals surface area contributed by atoms with E-state index < -0.39 is 15.2 Å². The Morgan fingerprint density at radius 2 is 0.788 bits per heavy atom. The van der Waals surface area contributed by atoms with Crippen LogP contribution < -0.4 is 9.47 Å². The van der Waals surface area contributed by atoms with Crippen LogP contribution in [0.15, 0.2) is 120 Å². The minimum absolute atomic E-state index is 0.318. The SMILES string of the molecule is CCOP1(=O)OC(c2ccc(C)cc2)=C(c2ccc(OC)cc2)C=C1C.CCOP1(=O)OC(c2ccc(OC)cc2)=C(c2ccc(C)cc2)C=C1C. The molecule has 0 radical (unpaired) electrons. The summed E-state index contributed by atoms with van der Waals surface area (Å²) in [4.78, 5) is 0. The zero-order valence-electron chi connectivity index (χ0n) is 31.0. The van der Waals surface area contributed by atoms with E-state index in [1.165, 1.54) is 5.56 Å². The molecule has 2 heterocycles. The molecule has 4 aromatic rings. The first-order valence-corrected chi connectivity index (χ1v) is 20.2. The van der Waals surface area contributed by atoms with Gasteiger partial charge in [0.1, 0.15) is 23.0 Å². The Morgan fingerprint density at radius 3 is 1.12 bits per heavy atom. The molecule has 0 bridgehead atoms. The molecular formula is C42H46O8P2. The number of hydrogen-bond acceptors (Lipinski definition) is 8. The van der Waals surface area contributed by atoms with E-state index in [1.54, 1.807) is 28.1 Å². The fourth-order valence-corrected chi connectivity index (χ4v) is 8.53. The van der Waals surface area contributed by atoms with Crippen molar-refractivity contribution < 1.29 is 36.7 Å². The zero-order chi connectivity index (χ0) is 37.5. The number of methoxy groups -OCH3 is 2. The summed E-state index contributed by atoms with van der Waals surface area (Å²) in [6, 6.07) is 31.4. The van der Waals surface area contributed by atoms with Crippen molar-refractivity contribution in [1.82, 2.24) is 0 Å². The van der Waals surface area contributed by atoms with Crippen LogP contribution in [0.25, 0.3) is 22.7 Å². The van der Waals surface area contributed by atoms with E-state index in [9.17, 15) is 9.13 Å². The lowest BCUT2D eigenvalue weighted by molar-refractivity contribution is 0.274. The second-order valence-corrected chi connectivity index (χ2v) is 16.5. The van der Waals surface area contributed by atoms with Gasteiger partial charge in [0.05, 0.1) is 38.1 Å². The predicted octanol–water partition coefficient (Wildman–Crippen LogP) is 12.1. The van der Waals surface area contributed by atoms with Crippen LogP contribution in [-0.2, 0) is 27.2 Å². The van der Waals surface area contributed by atoms with Crippen LogP contribution in [0.2, 0.25) is 0 Å². The number of rotatable bonds is 10. The van der Waals surface area contributed by atoms with Gasteiger partial charge in [0, 0.05) is 22.3 Å². The van der Waals surface area contributed by atoms with Gasteiger partial charge in [-0.2, -0.15) is 0 Å². The minimum Gasteiger partial charge on any atom is -0.497 e. The molecule has 0 saturated heterocycles. The number of allylic oxidation sites excluding steroid dienone is 6. The largest absolute Gasteiger partial charge is 0.497 e. The van der Waals surface area contributed by atoms with Gasteiger partial charge in [0.25, 0.3) is 0 Å². The first-order chi connectivity index (χ1) is 24.9. The lowest BCUT2D eigenvalue weighted by atomic mass is 9.99. The molecule has 52 heavy (non-hydrogen) atoms. The summed E-state index contributed by atoms with van der Waals surface area (Å²) in [6.45, 7) is 11.9. The van der Waals surface area contributed by atoms with Crippen LogP contribution in [-0.4, -0.2) is 27.4 Å². The maximum Gasteiger partial charge on any atom is 0.406 e. The van der Waals surface area contributed by atoms with E-state index in [0.717, 1.165) is 50.5 Å². The van der Waals surface area contributed by atoms with Crippen LogP contribution in [0.5, 0.6) is 11.5 Å². The summed E-state index contributed by atoms with van der Waals surface area (Å²) < 4.78 is 59.7. The van der Waals surface area contributed by atoms with Crippen molar-refractivity contribution in [3.05, 3.63) is 153 Å². The predicted molar refractivity (Wildman–Crippen MR) is 210 cm³/mol. The van der Waals surface area contributed by atoms with Crippen molar-refractivity contribution in [2.24, 2.45) is 0 Å². The van der Waals surface area contributed by atoms with Crippen LogP contribution in [0.3, 0.4) is 0 Å². The summed E-state index contributed by atoms with van der Waals surface area (Å²) >= 11 is 0. The maximum atomic E-state index is 13.1. The van der Waals surface area contributed by atoms with E-state index in [0.29, 0.717) is 35.4 Å². The molecule has 8 nitrogen and oxygen atoms in total. The van der Waals surface area contributed by atoms with Gasteiger partial charge in [-0.15, -0.1) is 0 Å². The Labute approximate surface area is 307 Å². The highest BCUT2D eigenvalue weighted by Gasteiger charge is 2.36. The van der Waals surface area contributed by atoms with Gasteiger partial charge in [-0.3, -0.25) is 9.05 Å². The number of aryl methyl sites for hydroxylation is 2. The smallest absolute Gasteiger partial charge is 0.406 e. The summed E-state index contributed by atoms with van der Waals surface area (Å²) in [5.41, 5.74) is 7.75. The molecule has 2 atom stereocenters. The highest BCUT2D eigenvalue weighted by molar-refractivity contribution is 7.59. The molecule has 4 aromatic carbocycles. The molecule has 2 aliphatic heterocycles. The first-order valence-electron chi connectivity index (χ1n) is 17.1. The molecule has 0 amide bonds. The third kappa shape index (κ3) is 8.71. The standard InChI is InChI=1S/2C21H23O4P/c1-5-24-26(22)16(3)14-20(17-10-12-19(23-4)13-11-17)21(25-26)18-8-6-15(2)7-9-18;1-5-24-26(22)16(3)14-20(17-8-6-15(2)7-9-17)21(25-26)18-10-12-19(23-4)13-11-18/h2*6-14H,5H2,1-4H3. The van der Waals surface area contributed by atoms with Gasteiger partial charge in [-0.25, -0.2) is 9.13 Å². The second kappa shape index (κ2) is 16.8. The number of ether oxygens (including phenoxy) is 2. The van der Waals surface area contributed by atoms with Gasteiger partial charge >= 0.3 is 15.2 Å². The second-order valence-electron chi connectivity index (χ2n) is 12.3. The summed E-state index contributed by atoms with van der Waals surface area (Å²) in [7, 11) is -3.41. The van der Waals surface area contributed by atoms with Gasteiger partial charge in [0.2, 0.25) is 0 Å². The molecule has 0 fully saturated rings. The van der Waals surface area contributed by atoms with Crippen LogP contribution in [0.1, 0.15) is 61.1 Å². The third-order valence-corrected chi connectivity index (χ3v) is 12.5. The molecule has 6 rings (SSSR count). The highest BCUT2D eigenvalue weighted by atomic mass is 31.2. The third-order valence-electron chi connectivity index (χ3n) is 8.51. The molecule has 0 saturated carbocycles. The molecule has 2 aliphatic rings. The molecule has 0 N–H and O–H groups in total. The molecule has 272 valence electrons. The average molecular weight is 741 g/mol. The van der Waals surface area contributed by atoms with Crippen molar-refractivity contribution >= 4 is 37.9 Å². The zero-order valence-corrected chi connectivity index (χ0v) is 32.8. The molecular weight excluding hydrogens is 694 g/mol. The molecule has 0 aromatic heterocycles. The highest BCUT2D eigenvalue weighted by Crippen LogP contribution is 2.63. The fraction of sp³-hybridized carbons (Fsp3) is 0.238. The Bertz CT molecular complexity index is 2090. The van der Waals surface area contributed by atoms with E-state index in [1.807, 2.05) is 137 Å². The summed E-state index contributed by atoms with van der Waals surface area (Å²) in [6.07, 6.45) is 3.81. The van der Waals surface area contributed by atoms with Gasteiger partial charge in [0.15, 0.2) is 0 Å². The van der Waals surface area contributed by atoms with Gasteiger partial charge in [-0.05, 0) is 101 Å². The first kappa shape index (κ1) is 38.6. The molecule has 10 heteroatoms. The molecule has 0 spiro atoms. The van der Waals surface area contributed by atoms with E-state index >= 15 is 0 Å². The van der Waals surface area contributed by atoms with E-state index in [-0.39, 0.29) is 0 Å². The number of hydrogen-bond donors (Lipinski definition) is 0. The quantitative estimate of drug-likeness (QED) is 0.148. The van der Waals surface area contributed by atoms with Crippen molar-refractivity contribution in [3.63, 3.8) is 0 Å². The molecule has 2 unspecified atom stereocenters. The van der Waals surface area contributed by atoms with Crippen molar-refractivity contribution in [1.29, 1.82) is 0 Å². The average Bonchev–Trinajstić information content (AvgIpc) is 3.15. The monoisotopic (exact) mass is 740 g/mol. The van der Waals surface area contributed by atoms with Crippen LogP contribution in [0, 0.1) is 13.8 Å². The van der Waals surface area contributed by atoms with Crippen molar-refractivity contribution in [2.45, 2.75) is 41.5 Å². The maximum absolute atomic E-state index is 13.1. The van der Waals surface area contributed by atoms with Crippen LogP contribution >= 0.6 is 15.2 Å². The Kier molecular flexibility index (Phi) is 12.5. The van der Waals surface area contributed by atoms with E-state index in [2.05, 4.69) is 0 Å². The summed E-state index contributed by atoms with van der Waals surface area (Å²) in [5, 5.41) is 1.20. The minimum atomic E-state index is -3.34. The lowest BCUT2D eigenvalue weighted by Crippen LogP contribution is -2.05. The molecule has 0 aliphatic carbocycles. The Balaban J connectivity index is 0.000000201. The topological polar surface area (TPSA) is 89.5 Å². The Hall–Kier alpha value is -4.58. The summed E-state index contributed by atoms with van der Waals surface area (Å²) in [5.74, 6) is 2.65. The van der Waals surface area contributed by atoms with E-state index in [4.69, 9.17) is 27.6 Å². The fourth-order valence-electron chi connectivity index (χ4n) is 5.58. The van der Waals surface area contributed by atoms with Crippen LogP contribution in [0.4, 0.5) is 0 Å². The van der Waals surface area contributed by atoms with Crippen molar-refractivity contribution in [3.8, 4) is 11.5 Å². The van der Waals surface area contributed by atoms with Crippen molar-refractivity contribution in [2.75, 3.05) is 27.4 Å². The van der Waals surface area contributed by atoms with Gasteiger partial charge < -0.3 is 18.5 Å². The lowest BCUT2D eigenvalue weighted by Gasteiger charge is -2.27.